The van der Waals surface area contributed by atoms with Gasteiger partial charge in [0.2, 0.25) is 12.0 Å². The quantitative estimate of drug-likeness (QED) is 0.110. The second kappa shape index (κ2) is 13.4. The molecule has 0 radical (unpaired) electrons. The molecular weight excluding hydrogens is 590 g/mol. The minimum Gasteiger partial charge on any atom is -0.485 e. The highest BCUT2D eigenvalue weighted by molar-refractivity contribution is 5.87. The van der Waals surface area contributed by atoms with Crippen LogP contribution in [0.5, 0.6) is 11.5 Å². The first-order chi connectivity index (χ1) is 21.7. The van der Waals surface area contributed by atoms with Crippen molar-refractivity contribution in [1.82, 2.24) is 5.32 Å². The zero-order valence-electron chi connectivity index (χ0n) is 25.4. The van der Waals surface area contributed by atoms with Crippen LogP contribution in [0.4, 0.5) is 0 Å². The molecular formula is C32H43NO12. The summed E-state index contributed by atoms with van der Waals surface area (Å²) in [7, 11) is 1.76. The molecule has 13 heteroatoms. The third kappa shape index (κ3) is 5.34. The standard InChI is InChI=1S/C32H43NO12/c1-3-41-24(37)8-7-19-14-20-9-12-42-25(20)27(43-13-11-33-2)26(19)45-29-32(40)28(38)31(39,23(18-36)44-29)15-21-6-4-5-10-30(21,32)22(16-34)17-35/h4-6,9-10,12,14,21-23,28-29,33-36,38-40H,3,7-8,11,13,15-18H2,1-2H3/t21-,23+,28-,29-,30+,31+,32+/m0/s1. The molecule has 5 rings (SSSR count). The summed E-state index contributed by atoms with van der Waals surface area (Å²) in [4.78, 5) is 12.4. The number of likely N-dealkylation sites (N-methyl/N-ethyl adjacent to an activating group) is 1. The Bertz CT molecular complexity index is 1400. The SMILES string of the molecule is CCOC(=O)CCc1cc2ccoc2c(OCCNC)c1O[C@@H]1O[C@H](CO)[C@]2(O)C[C@@H]3C=CC=C[C@@]3(C(CO)CO)[C@@]1(O)[C@H]2O. The van der Waals surface area contributed by atoms with E-state index in [9.17, 15) is 35.4 Å². The van der Waals surface area contributed by atoms with E-state index in [1.54, 1.807) is 50.4 Å². The highest BCUT2D eigenvalue weighted by atomic mass is 16.7. The summed E-state index contributed by atoms with van der Waals surface area (Å²) in [6, 6.07) is 3.47. The summed E-state index contributed by atoms with van der Waals surface area (Å²) in [6.07, 6.45) is 2.97. The Morgan fingerprint density at radius 3 is 2.64 bits per heavy atom. The molecule has 1 saturated carbocycles. The molecule has 3 aliphatic rings. The zero-order valence-corrected chi connectivity index (χ0v) is 25.4. The topological polar surface area (TPSA) is 201 Å². The van der Waals surface area contributed by atoms with Gasteiger partial charge in [-0.1, -0.05) is 24.3 Å². The lowest BCUT2D eigenvalue weighted by Gasteiger charge is -2.67. The maximum Gasteiger partial charge on any atom is 0.306 e. The summed E-state index contributed by atoms with van der Waals surface area (Å²) >= 11 is 0. The van der Waals surface area contributed by atoms with Crippen molar-refractivity contribution < 1.29 is 58.8 Å². The number of hydrogen-bond donors (Lipinski definition) is 7. The first kappa shape index (κ1) is 33.4. The van der Waals surface area contributed by atoms with E-state index in [0.717, 1.165) is 0 Å². The number of carbonyl (C=O) groups excluding carboxylic acids is 1. The lowest BCUT2D eigenvalue weighted by molar-refractivity contribution is -0.404. The molecule has 2 aromatic rings. The number of benzene rings is 1. The lowest BCUT2D eigenvalue weighted by atomic mass is 9.45. The average Bonchev–Trinajstić information content (AvgIpc) is 3.50. The number of aliphatic hydroxyl groups is 6. The maximum atomic E-state index is 12.8. The van der Waals surface area contributed by atoms with E-state index in [2.05, 4.69) is 5.32 Å². The predicted octanol–water partition coefficient (Wildman–Crippen LogP) is 0.179. The summed E-state index contributed by atoms with van der Waals surface area (Å²) in [5.74, 6) is -1.98. The van der Waals surface area contributed by atoms with Gasteiger partial charge in [0.15, 0.2) is 16.9 Å². The number of allylic oxidation sites excluding steroid dienone is 3. The van der Waals surface area contributed by atoms with Crippen molar-refractivity contribution >= 4 is 16.9 Å². The Balaban J connectivity index is 1.69. The first-order valence-corrected chi connectivity index (χ1v) is 15.3. The van der Waals surface area contributed by atoms with Crippen LogP contribution >= 0.6 is 0 Å². The first-order valence-electron chi connectivity index (χ1n) is 15.3. The number of carbonyl (C=O) groups is 1. The van der Waals surface area contributed by atoms with Crippen LogP contribution in [0.2, 0.25) is 0 Å². The molecule has 2 aliphatic carbocycles. The van der Waals surface area contributed by atoms with Crippen LogP contribution in [0.15, 0.2) is 47.1 Å². The van der Waals surface area contributed by atoms with Crippen molar-refractivity contribution in [2.24, 2.45) is 17.3 Å². The normalized spacial score (nSPS) is 32.1. The fourth-order valence-electron chi connectivity index (χ4n) is 7.30. The number of furan rings is 1. The van der Waals surface area contributed by atoms with Crippen molar-refractivity contribution in [3.05, 3.63) is 48.3 Å². The maximum absolute atomic E-state index is 12.8. The van der Waals surface area contributed by atoms with Gasteiger partial charge in [-0.05, 0) is 50.4 Å². The largest absolute Gasteiger partial charge is 0.485 e. The Labute approximate surface area is 260 Å². The van der Waals surface area contributed by atoms with Gasteiger partial charge in [-0.2, -0.15) is 0 Å². The molecule has 2 bridgehead atoms. The van der Waals surface area contributed by atoms with E-state index < -0.39 is 72.7 Å². The van der Waals surface area contributed by atoms with E-state index in [1.807, 2.05) is 0 Å². The number of fused-ring (bicyclic) bond motifs is 5. The third-order valence-electron chi connectivity index (χ3n) is 9.51. The second-order valence-corrected chi connectivity index (χ2v) is 11.8. The summed E-state index contributed by atoms with van der Waals surface area (Å²) < 4.78 is 29.7. The number of aliphatic hydroxyl groups excluding tert-OH is 4. The molecule has 13 nitrogen and oxygen atoms in total. The van der Waals surface area contributed by atoms with E-state index in [4.69, 9.17) is 23.4 Å². The van der Waals surface area contributed by atoms with Crippen LogP contribution in [0.1, 0.15) is 25.3 Å². The highest BCUT2D eigenvalue weighted by Gasteiger charge is 2.77. The molecule has 1 saturated heterocycles. The zero-order chi connectivity index (χ0) is 32.4. The van der Waals surface area contributed by atoms with Crippen LogP contribution in [-0.2, 0) is 20.7 Å². The van der Waals surface area contributed by atoms with Crippen LogP contribution in [0.25, 0.3) is 11.0 Å². The van der Waals surface area contributed by atoms with Crippen molar-refractivity contribution in [2.45, 2.75) is 55.9 Å². The van der Waals surface area contributed by atoms with Crippen LogP contribution < -0.4 is 14.8 Å². The van der Waals surface area contributed by atoms with Crippen molar-refractivity contribution in [3.8, 4) is 11.5 Å². The molecule has 45 heavy (non-hydrogen) atoms. The number of nitrogens with one attached hydrogen (secondary N) is 1. The monoisotopic (exact) mass is 633 g/mol. The van der Waals surface area contributed by atoms with Gasteiger partial charge in [0, 0.05) is 42.9 Å². The molecule has 248 valence electrons. The molecule has 7 N–H and O–H groups in total. The fourth-order valence-corrected chi connectivity index (χ4v) is 7.30. The number of hydrogen-bond acceptors (Lipinski definition) is 13. The van der Waals surface area contributed by atoms with Gasteiger partial charge < -0.3 is 59.3 Å². The minimum atomic E-state index is -2.49. The van der Waals surface area contributed by atoms with Gasteiger partial charge in [-0.25, -0.2) is 0 Å². The van der Waals surface area contributed by atoms with Crippen LogP contribution in [0.3, 0.4) is 0 Å². The Kier molecular flexibility index (Phi) is 9.92. The number of rotatable bonds is 14. The fraction of sp³-hybridized carbons (Fsp3) is 0.594. The Morgan fingerprint density at radius 2 is 1.96 bits per heavy atom. The van der Waals surface area contributed by atoms with E-state index >= 15 is 0 Å². The molecule has 0 amide bonds. The van der Waals surface area contributed by atoms with Gasteiger partial charge in [0.1, 0.15) is 24.4 Å². The van der Waals surface area contributed by atoms with Crippen LogP contribution in [0, 0.1) is 17.3 Å². The lowest BCUT2D eigenvalue weighted by Crippen LogP contribution is -2.84. The summed E-state index contributed by atoms with van der Waals surface area (Å²) in [5.41, 5.74) is -5.41. The highest BCUT2D eigenvalue weighted by Crippen LogP contribution is 2.63. The Hall–Kier alpha value is -3.01. The molecule has 1 aromatic heterocycles. The van der Waals surface area contributed by atoms with Crippen molar-refractivity contribution in [1.29, 1.82) is 0 Å². The smallest absolute Gasteiger partial charge is 0.306 e. The van der Waals surface area contributed by atoms with Gasteiger partial charge in [0.25, 0.3) is 0 Å². The van der Waals surface area contributed by atoms with Crippen molar-refractivity contribution in [2.75, 3.05) is 46.6 Å². The Morgan fingerprint density at radius 1 is 1.18 bits per heavy atom. The van der Waals surface area contributed by atoms with Gasteiger partial charge >= 0.3 is 5.97 Å². The van der Waals surface area contributed by atoms with Crippen molar-refractivity contribution in [3.63, 3.8) is 0 Å². The minimum absolute atomic E-state index is 0.0163. The third-order valence-corrected chi connectivity index (χ3v) is 9.51. The molecule has 0 spiro atoms. The molecule has 0 unspecified atom stereocenters. The van der Waals surface area contributed by atoms with E-state index in [-0.39, 0.29) is 44.0 Å². The number of esters is 1. The molecule has 1 aliphatic heterocycles. The van der Waals surface area contributed by atoms with E-state index in [0.29, 0.717) is 23.1 Å². The summed E-state index contributed by atoms with van der Waals surface area (Å²) in [6.45, 7) is 0.676. The number of aryl methyl sites for hydroxylation is 1. The summed E-state index contributed by atoms with van der Waals surface area (Å²) in [5, 5.41) is 71.3. The molecule has 2 heterocycles. The van der Waals surface area contributed by atoms with Gasteiger partial charge in [-0.3, -0.25) is 4.79 Å². The second-order valence-electron chi connectivity index (χ2n) is 11.8. The molecule has 2 fully saturated rings. The van der Waals surface area contributed by atoms with Crippen LogP contribution in [-0.4, -0.2) is 113 Å². The molecule has 1 aromatic carbocycles. The number of ether oxygens (including phenoxy) is 4. The van der Waals surface area contributed by atoms with Gasteiger partial charge in [-0.15, -0.1) is 0 Å². The average molecular weight is 634 g/mol. The van der Waals surface area contributed by atoms with E-state index in [1.165, 1.54) is 6.26 Å². The van der Waals surface area contributed by atoms with Gasteiger partial charge in [0.05, 0.1) is 19.5 Å². The predicted molar refractivity (Wildman–Crippen MR) is 159 cm³/mol. The molecule has 7 atom stereocenters.